The predicted octanol–water partition coefficient (Wildman–Crippen LogP) is 3.66. The molecule has 18 heavy (non-hydrogen) atoms. The van der Waals surface area contributed by atoms with Crippen molar-refractivity contribution in [1.82, 2.24) is 0 Å². The molecule has 96 valence electrons. The molecule has 2 rings (SSSR count). The number of thiophene rings is 1. The zero-order chi connectivity index (χ0) is 13.2. The lowest BCUT2D eigenvalue weighted by Gasteiger charge is -2.03. The van der Waals surface area contributed by atoms with Crippen LogP contribution in [-0.2, 0) is 21.3 Å². The Morgan fingerprint density at radius 2 is 1.94 bits per heavy atom. The Morgan fingerprint density at radius 3 is 2.56 bits per heavy atom. The van der Waals surface area contributed by atoms with E-state index in [-0.39, 0.29) is 11.5 Å². The molecular weight excluding hydrogens is 295 g/mol. The quantitative estimate of drug-likeness (QED) is 0.864. The minimum atomic E-state index is -3.31. The molecule has 2 nitrogen and oxygen atoms in total. The molecule has 6 heteroatoms. The molecule has 0 fully saturated rings. The van der Waals surface area contributed by atoms with E-state index in [2.05, 4.69) is 0 Å². The topological polar surface area (TPSA) is 34.1 Å². The van der Waals surface area contributed by atoms with Crippen molar-refractivity contribution in [2.24, 2.45) is 0 Å². The lowest BCUT2D eigenvalue weighted by Crippen LogP contribution is -2.06. The van der Waals surface area contributed by atoms with Gasteiger partial charge in [-0.25, -0.2) is 12.8 Å². The second-order valence-corrected chi connectivity index (χ2v) is 7.73. The van der Waals surface area contributed by atoms with E-state index in [1.807, 2.05) is 0 Å². The Hall–Kier alpha value is -0.910. The first kappa shape index (κ1) is 13.5. The highest BCUT2D eigenvalue weighted by molar-refractivity contribution is 7.90. The van der Waals surface area contributed by atoms with Gasteiger partial charge >= 0.3 is 0 Å². The van der Waals surface area contributed by atoms with E-state index in [9.17, 15) is 12.8 Å². The third-order valence-corrected chi connectivity index (χ3v) is 5.20. The van der Waals surface area contributed by atoms with Crippen LogP contribution in [0, 0.1) is 5.82 Å². The van der Waals surface area contributed by atoms with Crippen LogP contribution in [0.1, 0.15) is 10.4 Å². The lowest BCUT2D eigenvalue weighted by atomic mass is 10.2. The molecule has 0 aliphatic rings. The summed E-state index contributed by atoms with van der Waals surface area (Å²) >= 11 is 6.98. The fourth-order valence-corrected chi connectivity index (χ4v) is 4.55. The second kappa shape index (κ2) is 5.38. The summed E-state index contributed by atoms with van der Waals surface area (Å²) in [7, 11) is -3.31. The van der Waals surface area contributed by atoms with Crippen LogP contribution >= 0.6 is 22.9 Å². The van der Waals surface area contributed by atoms with E-state index in [0.717, 1.165) is 0 Å². The summed E-state index contributed by atoms with van der Waals surface area (Å²) in [6.07, 6.45) is 0. The maximum atomic E-state index is 13.0. The molecule has 0 atom stereocenters. The zero-order valence-electron chi connectivity index (χ0n) is 9.27. The number of hydrogen-bond donors (Lipinski definition) is 0. The lowest BCUT2D eigenvalue weighted by molar-refractivity contribution is 0.594. The van der Waals surface area contributed by atoms with Crippen molar-refractivity contribution in [1.29, 1.82) is 0 Å². The van der Waals surface area contributed by atoms with Crippen LogP contribution in [0.4, 0.5) is 4.39 Å². The first-order chi connectivity index (χ1) is 8.44. The van der Waals surface area contributed by atoms with Crippen LogP contribution in [0.2, 0.25) is 4.34 Å². The van der Waals surface area contributed by atoms with Crippen LogP contribution in [0.25, 0.3) is 0 Å². The Balaban J connectivity index is 2.12. The fourth-order valence-electron chi connectivity index (χ4n) is 1.58. The van der Waals surface area contributed by atoms with Gasteiger partial charge in [-0.1, -0.05) is 23.7 Å². The summed E-state index contributed by atoms with van der Waals surface area (Å²) in [6.45, 7) is 0. The molecule has 0 bridgehead atoms. The molecule has 0 aliphatic carbocycles. The Kier molecular flexibility index (Phi) is 4.04. The monoisotopic (exact) mass is 304 g/mol. The largest absolute Gasteiger partial charge is 0.228 e. The van der Waals surface area contributed by atoms with Crippen molar-refractivity contribution < 1.29 is 12.8 Å². The van der Waals surface area contributed by atoms with E-state index in [1.54, 1.807) is 18.2 Å². The van der Waals surface area contributed by atoms with Gasteiger partial charge < -0.3 is 0 Å². The summed E-state index contributed by atoms with van der Waals surface area (Å²) in [5, 5.41) is 0. The second-order valence-electron chi connectivity index (χ2n) is 3.87. The van der Waals surface area contributed by atoms with Crippen molar-refractivity contribution in [3.05, 3.63) is 57.0 Å². The third-order valence-electron chi connectivity index (χ3n) is 2.27. The van der Waals surface area contributed by atoms with E-state index in [4.69, 9.17) is 11.6 Å². The van der Waals surface area contributed by atoms with Crippen molar-refractivity contribution in [2.45, 2.75) is 11.5 Å². The molecule has 0 unspecified atom stereocenters. The molecule has 0 saturated carbocycles. The van der Waals surface area contributed by atoms with Crippen LogP contribution in [0.15, 0.2) is 36.4 Å². The van der Waals surface area contributed by atoms with Gasteiger partial charge in [0, 0.05) is 4.88 Å². The number of rotatable bonds is 4. The van der Waals surface area contributed by atoms with Crippen LogP contribution in [0.5, 0.6) is 0 Å². The van der Waals surface area contributed by atoms with E-state index >= 15 is 0 Å². The molecule has 1 heterocycles. The van der Waals surface area contributed by atoms with Gasteiger partial charge in [-0.2, -0.15) is 0 Å². The van der Waals surface area contributed by atoms with Gasteiger partial charge in [0.05, 0.1) is 15.8 Å². The highest BCUT2D eigenvalue weighted by atomic mass is 35.5. The van der Waals surface area contributed by atoms with E-state index < -0.39 is 15.7 Å². The maximum Gasteiger partial charge on any atom is 0.159 e. The molecule has 2 aromatic rings. The molecule has 0 N–H and O–H groups in total. The smallest absolute Gasteiger partial charge is 0.159 e. The summed E-state index contributed by atoms with van der Waals surface area (Å²) < 4.78 is 37.4. The molecular formula is C12H10ClFO2S2. The summed E-state index contributed by atoms with van der Waals surface area (Å²) in [5.74, 6) is -0.664. The number of hydrogen-bond acceptors (Lipinski definition) is 3. The number of sulfone groups is 1. The minimum Gasteiger partial charge on any atom is -0.228 e. The van der Waals surface area contributed by atoms with Gasteiger partial charge in [0.25, 0.3) is 0 Å². The number of benzene rings is 1. The van der Waals surface area contributed by atoms with Crippen LogP contribution in [0.3, 0.4) is 0 Å². The Morgan fingerprint density at radius 1 is 1.17 bits per heavy atom. The normalized spacial score (nSPS) is 11.7. The van der Waals surface area contributed by atoms with Gasteiger partial charge in [0.15, 0.2) is 9.84 Å². The van der Waals surface area contributed by atoms with Crippen LogP contribution < -0.4 is 0 Å². The molecule has 1 aromatic heterocycles. The van der Waals surface area contributed by atoms with Gasteiger partial charge in [-0.05, 0) is 29.8 Å². The van der Waals surface area contributed by atoms with Crippen molar-refractivity contribution in [2.75, 3.05) is 0 Å². The predicted molar refractivity (Wildman–Crippen MR) is 72.1 cm³/mol. The average molecular weight is 305 g/mol. The molecule has 1 aromatic carbocycles. The number of halogens is 2. The van der Waals surface area contributed by atoms with Crippen molar-refractivity contribution >= 4 is 32.8 Å². The van der Waals surface area contributed by atoms with E-state index in [1.165, 1.54) is 29.5 Å². The maximum absolute atomic E-state index is 13.0. The van der Waals surface area contributed by atoms with E-state index in [0.29, 0.717) is 14.8 Å². The first-order valence-electron chi connectivity index (χ1n) is 5.14. The molecule has 0 amide bonds. The Labute approximate surface area is 114 Å². The molecule has 0 radical (unpaired) electrons. The zero-order valence-corrected chi connectivity index (χ0v) is 11.7. The van der Waals surface area contributed by atoms with Crippen molar-refractivity contribution in [3.8, 4) is 0 Å². The van der Waals surface area contributed by atoms with Gasteiger partial charge in [-0.3, -0.25) is 0 Å². The average Bonchev–Trinajstić information content (AvgIpc) is 2.62. The highest BCUT2D eigenvalue weighted by Gasteiger charge is 2.14. The third kappa shape index (κ3) is 3.80. The molecule has 0 spiro atoms. The van der Waals surface area contributed by atoms with Crippen LogP contribution in [-0.4, -0.2) is 8.42 Å². The van der Waals surface area contributed by atoms with Gasteiger partial charge in [-0.15, -0.1) is 11.3 Å². The minimum absolute atomic E-state index is 0.0686. The van der Waals surface area contributed by atoms with Crippen molar-refractivity contribution in [3.63, 3.8) is 0 Å². The summed E-state index contributed by atoms with van der Waals surface area (Å²) in [5.41, 5.74) is 0.456. The SMILES string of the molecule is O=S(=O)(Cc1cccc(F)c1)Cc1ccc(Cl)s1. The Bertz CT molecular complexity index is 650. The van der Waals surface area contributed by atoms with Gasteiger partial charge in [0.2, 0.25) is 0 Å². The molecule has 0 saturated heterocycles. The highest BCUT2D eigenvalue weighted by Crippen LogP contribution is 2.24. The summed E-state index contributed by atoms with van der Waals surface area (Å²) in [4.78, 5) is 0.691. The fraction of sp³-hybridized carbons (Fsp3) is 0.167. The standard InChI is InChI=1S/C12H10ClFO2S2/c13-12-5-4-11(17-12)8-18(15,16)7-9-2-1-3-10(14)6-9/h1-6H,7-8H2. The summed E-state index contributed by atoms with van der Waals surface area (Å²) in [6, 6.07) is 8.98. The van der Waals surface area contributed by atoms with Gasteiger partial charge in [0.1, 0.15) is 5.82 Å². The first-order valence-corrected chi connectivity index (χ1v) is 8.15. The molecule has 0 aliphatic heterocycles.